The fraction of sp³-hybridized carbons (Fsp3) is 0.350. The maximum Gasteiger partial charge on any atom is 0.251 e. The van der Waals surface area contributed by atoms with Gasteiger partial charge in [-0.3, -0.25) is 4.79 Å². The van der Waals surface area contributed by atoms with Crippen LogP contribution in [-0.2, 0) is 14.8 Å². The minimum Gasteiger partial charge on any atom is -0.377 e. The Balaban J connectivity index is 1.74. The van der Waals surface area contributed by atoms with Crippen molar-refractivity contribution >= 4 is 39.1 Å². The summed E-state index contributed by atoms with van der Waals surface area (Å²) in [5, 5.41) is 3.45. The van der Waals surface area contributed by atoms with Gasteiger partial charge in [0.15, 0.2) is 0 Å². The van der Waals surface area contributed by atoms with E-state index >= 15 is 0 Å². The van der Waals surface area contributed by atoms with Crippen LogP contribution in [0.5, 0.6) is 0 Å². The Labute approximate surface area is 180 Å². The molecular weight excluding hydrogens is 435 g/mol. The number of halogens is 2. The van der Waals surface area contributed by atoms with Crippen LogP contribution in [0, 0.1) is 0 Å². The molecule has 0 bridgehead atoms. The molecule has 0 aromatic heterocycles. The van der Waals surface area contributed by atoms with Gasteiger partial charge in [-0.05, 0) is 55.7 Å². The Morgan fingerprint density at radius 2 is 2.03 bits per heavy atom. The molecule has 0 unspecified atom stereocenters. The summed E-state index contributed by atoms with van der Waals surface area (Å²) in [7, 11) is -3.88. The number of ether oxygens (including phenoxy) is 1. The highest BCUT2D eigenvalue weighted by atomic mass is 35.5. The van der Waals surface area contributed by atoms with Gasteiger partial charge in [-0.2, -0.15) is 0 Å². The van der Waals surface area contributed by atoms with Gasteiger partial charge in [0.25, 0.3) is 5.91 Å². The number of nitrogens with one attached hydrogen (secondary N) is 2. The fourth-order valence-electron chi connectivity index (χ4n) is 3.08. The van der Waals surface area contributed by atoms with Gasteiger partial charge in [0.1, 0.15) is 4.90 Å². The van der Waals surface area contributed by atoms with Crippen LogP contribution in [0.4, 0.5) is 0 Å². The first kappa shape index (κ1) is 22.1. The second kappa shape index (κ2) is 9.45. The average molecular weight is 457 g/mol. The fourth-order valence-corrected chi connectivity index (χ4v) is 4.86. The number of carbonyl (C=O) groups is 1. The molecule has 2 aromatic carbocycles. The Hall–Kier alpha value is -1.64. The molecule has 1 heterocycles. The number of amides is 1. The van der Waals surface area contributed by atoms with Gasteiger partial charge in [-0.1, -0.05) is 35.3 Å². The molecule has 2 atom stereocenters. The number of rotatable bonds is 7. The van der Waals surface area contributed by atoms with Crippen molar-refractivity contribution in [2.24, 2.45) is 0 Å². The summed E-state index contributed by atoms with van der Waals surface area (Å²) >= 11 is 12.1. The lowest BCUT2D eigenvalue weighted by Gasteiger charge is -2.16. The molecule has 1 saturated heterocycles. The molecule has 156 valence electrons. The van der Waals surface area contributed by atoms with Crippen molar-refractivity contribution in [1.29, 1.82) is 0 Å². The molecule has 29 heavy (non-hydrogen) atoms. The molecule has 0 spiro atoms. The second-order valence-corrected chi connectivity index (χ2v) is 9.46. The molecule has 0 radical (unpaired) electrons. The zero-order chi connectivity index (χ0) is 21.0. The Morgan fingerprint density at radius 3 is 2.72 bits per heavy atom. The van der Waals surface area contributed by atoms with Crippen molar-refractivity contribution in [1.82, 2.24) is 10.0 Å². The number of benzene rings is 2. The molecule has 2 N–H and O–H groups in total. The number of hydrogen-bond acceptors (Lipinski definition) is 4. The summed E-state index contributed by atoms with van der Waals surface area (Å²) in [5.41, 5.74) is 1.03. The Morgan fingerprint density at radius 1 is 1.24 bits per heavy atom. The van der Waals surface area contributed by atoms with E-state index in [1.807, 2.05) is 13.0 Å². The smallest absolute Gasteiger partial charge is 0.251 e. The lowest BCUT2D eigenvalue weighted by molar-refractivity contribution is 0.0939. The summed E-state index contributed by atoms with van der Waals surface area (Å²) < 4.78 is 33.3. The van der Waals surface area contributed by atoms with E-state index in [1.54, 1.807) is 18.2 Å². The normalized spacial score (nSPS) is 17.8. The van der Waals surface area contributed by atoms with Crippen molar-refractivity contribution in [2.75, 3.05) is 13.2 Å². The van der Waals surface area contributed by atoms with E-state index in [-0.39, 0.29) is 34.2 Å². The molecule has 3 rings (SSSR count). The topological polar surface area (TPSA) is 84.5 Å². The van der Waals surface area contributed by atoms with Crippen LogP contribution in [0.2, 0.25) is 10.0 Å². The van der Waals surface area contributed by atoms with Crippen LogP contribution in [0.25, 0.3) is 0 Å². The van der Waals surface area contributed by atoms with Crippen molar-refractivity contribution in [3.8, 4) is 0 Å². The number of sulfonamides is 1. The van der Waals surface area contributed by atoms with Crippen LogP contribution < -0.4 is 10.0 Å². The SMILES string of the molecule is C[C@@H](NC(=O)c1ccc(Cl)c(S(=O)(=O)NC[C@@H]2CCCO2)c1)c1cccc(Cl)c1. The van der Waals surface area contributed by atoms with Gasteiger partial charge in [0, 0.05) is 23.7 Å². The Kier molecular flexibility index (Phi) is 7.19. The van der Waals surface area contributed by atoms with Crippen LogP contribution in [0.1, 0.15) is 41.7 Å². The van der Waals surface area contributed by atoms with E-state index in [4.69, 9.17) is 27.9 Å². The average Bonchev–Trinajstić information content (AvgIpc) is 3.20. The molecule has 0 aliphatic carbocycles. The summed E-state index contributed by atoms with van der Waals surface area (Å²) in [6.45, 7) is 2.62. The standard InChI is InChI=1S/C20H22Cl2N2O4S/c1-13(14-4-2-5-16(21)10-14)24-20(25)15-7-8-18(22)19(11-15)29(26,27)23-12-17-6-3-9-28-17/h2,4-5,7-8,10-11,13,17,23H,3,6,9,12H2,1H3,(H,24,25)/t13-,17+/m1/s1. The largest absolute Gasteiger partial charge is 0.377 e. The van der Waals surface area contributed by atoms with E-state index in [0.717, 1.165) is 18.4 Å². The Bertz CT molecular complexity index is 992. The molecule has 9 heteroatoms. The third-order valence-corrected chi connectivity index (χ3v) is 6.84. The van der Waals surface area contributed by atoms with E-state index in [9.17, 15) is 13.2 Å². The maximum atomic E-state index is 12.7. The molecule has 1 amide bonds. The number of carbonyl (C=O) groups excluding carboxylic acids is 1. The van der Waals surface area contributed by atoms with E-state index in [0.29, 0.717) is 11.6 Å². The lowest BCUT2D eigenvalue weighted by Crippen LogP contribution is -2.32. The first-order chi connectivity index (χ1) is 13.8. The van der Waals surface area contributed by atoms with E-state index < -0.39 is 15.9 Å². The zero-order valence-electron chi connectivity index (χ0n) is 15.8. The van der Waals surface area contributed by atoms with Crippen molar-refractivity contribution in [2.45, 2.75) is 36.8 Å². The summed E-state index contributed by atoms with van der Waals surface area (Å²) in [5.74, 6) is -0.412. The quantitative estimate of drug-likeness (QED) is 0.660. The van der Waals surface area contributed by atoms with Crippen LogP contribution in [0.15, 0.2) is 47.4 Å². The third kappa shape index (κ3) is 5.71. The van der Waals surface area contributed by atoms with Crippen LogP contribution in [0.3, 0.4) is 0 Å². The highest BCUT2D eigenvalue weighted by Crippen LogP contribution is 2.24. The summed E-state index contributed by atoms with van der Waals surface area (Å²) in [6.07, 6.45) is 1.57. The lowest BCUT2D eigenvalue weighted by atomic mass is 10.1. The van der Waals surface area contributed by atoms with Gasteiger partial charge in [0.2, 0.25) is 10.0 Å². The van der Waals surface area contributed by atoms with Crippen molar-refractivity contribution in [3.05, 3.63) is 63.6 Å². The van der Waals surface area contributed by atoms with E-state index in [1.165, 1.54) is 18.2 Å². The third-order valence-electron chi connectivity index (χ3n) is 4.70. The van der Waals surface area contributed by atoms with Gasteiger partial charge in [-0.15, -0.1) is 0 Å². The van der Waals surface area contributed by atoms with Gasteiger partial charge in [-0.25, -0.2) is 13.1 Å². The summed E-state index contributed by atoms with van der Waals surface area (Å²) in [6, 6.07) is 11.0. The van der Waals surface area contributed by atoms with Crippen LogP contribution >= 0.6 is 23.2 Å². The molecule has 1 aliphatic heterocycles. The van der Waals surface area contributed by atoms with Crippen molar-refractivity contribution < 1.29 is 17.9 Å². The van der Waals surface area contributed by atoms with Crippen molar-refractivity contribution in [3.63, 3.8) is 0 Å². The second-order valence-electron chi connectivity index (χ2n) is 6.88. The monoisotopic (exact) mass is 456 g/mol. The predicted octanol–water partition coefficient (Wildman–Crippen LogP) is 3.94. The number of hydrogen-bond donors (Lipinski definition) is 2. The molecule has 1 aliphatic rings. The highest BCUT2D eigenvalue weighted by molar-refractivity contribution is 7.89. The zero-order valence-corrected chi connectivity index (χ0v) is 18.2. The molecule has 6 nitrogen and oxygen atoms in total. The first-order valence-electron chi connectivity index (χ1n) is 9.23. The maximum absolute atomic E-state index is 12.7. The molecule has 0 saturated carbocycles. The minimum atomic E-state index is -3.88. The first-order valence-corrected chi connectivity index (χ1v) is 11.5. The molecular formula is C20H22Cl2N2O4S. The highest BCUT2D eigenvalue weighted by Gasteiger charge is 2.23. The van der Waals surface area contributed by atoms with Crippen LogP contribution in [-0.4, -0.2) is 33.6 Å². The molecule has 1 fully saturated rings. The van der Waals surface area contributed by atoms with Gasteiger partial charge < -0.3 is 10.1 Å². The van der Waals surface area contributed by atoms with Gasteiger partial charge in [0.05, 0.1) is 17.2 Å². The minimum absolute atomic E-state index is 0.0456. The predicted molar refractivity (Wildman–Crippen MR) is 113 cm³/mol. The van der Waals surface area contributed by atoms with Gasteiger partial charge >= 0.3 is 0 Å². The molecule has 2 aromatic rings. The van der Waals surface area contributed by atoms with E-state index in [2.05, 4.69) is 10.0 Å². The summed E-state index contributed by atoms with van der Waals surface area (Å²) in [4.78, 5) is 12.5.